The number of anilines is 2. The minimum absolute atomic E-state index is 0.0434. The molecule has 0 unspecified atom stereocenters. The predicted molar refractivity (Wildman–Crippen MR) is 98.7 cm³/mol. The third-order valence-corrected chi connectivity index (χ3v) is 4.30. The van der Waals surface area contributed by atoms with Crippen molar-refractivity contribution >= 4 is 34.8 Å². The monoisotopic (exact) mass is 344 g/mol. The van der Waals surface area contributed by atoms with Gasteiger partial charge in [-0.15, -0.1) is 0 Å². The van der Waals surface area contributed by atoms with Crippen molar-refractivity contribution in [1.29, 1.82) is 0 Å². The lowest BCUT2D eigenvalue weighted by atomic mass is 10.1. The average molecular weight is 345 g/mol. The topological polar surface area (TPSA) is 49.4 Å². The normalized spacial score (nSPS) is 10.3. The zero-order valence-corrected chi connectivity index (χ0v) is 14.9. The van der Waals surface area contributed by atoms with Gasteiger partial charge in [0.05, 0.1) is 0 Å². The van der Waals surface area contributed by atoms with E-state index in [4.69, 9.17) is 11.6 Å². The van der Waals surface area contributed by atoms with Gasteiger partial charge in [0.2, 0.25) is 11.8 Å². The number of amides is 2. The van der Waals surface area contributed by atoms with Crippen LogP contribution in [-0.4, -0.2) is 18.4 Å². The molecule has 5 heteroatoms. The molecular weight excluding hydrogens is 324 g/mol. The quantitative estimate of drug-likeness (QED) is 0.883. The lowest BCUT2D eigenvalue weighted by Gasteiger charge is -2.23. The van der Waals surface area contributed by atoms with E-state index in [-0.39, 0.29) is 18.4 Å². The fourth-order valence-electron chi connectivity index (χ4n) is 2.52. The molecule has 0 saturated carbocycles. The molecule has 2 rings (SSSR count). The van der Waals surface area contributed by atoms with E-state index in [1.54, 1.807) is 18.2 Å². The van der Waals surface area contributed by atoms with Crippen molar-refractivity contribution in [1.82, 2.24) is 0 Å². The molecule has 2 amide bonds. The highest BCUT2D eigenvalue weighted by Gasteiger charge is 2.18. The van der Waals surface area contributed by atoms with Crippen molar-refractivity contribution in [2.45, 2.75) is 27.2 Å². The van der Waals surface area contributed by atoms with Crippen molar-refractivity contribution < 1.29 is 9.59 Å². The van der Waals surface area contributed by atoms with Gasteiger partial charge in [-0.25, -0.2) is 0 Å². The molecule has 4 nitrogen and oxygen atoms in total. The number of carbonyl (C=O) groups excluding carboxylic acids is 2. The first-order valence-electron chi connectivity index (χ1n) is 7.85. The number of aryl methyl sites for hydroxylation is 1. The van der Waals surface area contributed by atoms with E-state index in [2.05, 4.69) is 5.32 Å². The van der Waals surface area contributed by atoms with E-state index in [1.807, 2.05) is 38.1 Å². The summed E-state index contributed by atoms with van der Waals surface area (Å²) in [5.74, 6) is -0.435. The summed E-state index contributed by atoms with van der Waals surface area (Å²) in [6, 6.07) is 12.9. The minimum Gasteiger partial charge on any atom is -0.324 e. The van der Waals surface area contributed by atoms with Gasteiger partial charge in [-0.1, -0.05) is 42.8 Å². The smallest absolute Gasteiger partial charge is 0.244 e. The van der Waals surface area contributed by atoms with Crippen LogP contribution in [0.2, 0.25) is 5.02 Å². The molecule has 0 atom stereocenters. The van der Waals surface area contributed by atoms with Crippen molar-refractivity contribution in [3.63, 3.8) is 0 Å². The molecule has 0 aliphatic rings. The summed E-state index contributed by atoms with van der Waals surface area (Å²) in [6.45, 7) is 5.28. The van der Waals surface area contributed by atoms with E-state index in [1.165, 1.54) is 11.8 Å². The maximum Gasteiger partial charge on any atom is 0.244 e. The van der Waals surface area contributed by atoms with Gasteiger partial charge in [0, 0.05) is 23.3 Å². The molecule has 0 radical (unpaired) electrons. The number of nitrogens with one attached hydrogen (secondary N) is 1. The van der Waals surface area contributed by atoms with Gasteiger partial charge in [-0.2, -0.15) is 0 Å². The summed E-state index contributed by atoms with van der Waals surface area (Å²) in [6.07, 6.45) is 0.787. The SMILES string of the molecule is CCc1ccccc1N(CC(=O)Nc1cccc(Cl)c1C)C(C)=O. The Kier molecular flexibility index (Phi) is 5.99. The Morgan fingerprint density at radius 2 is 1.83 bits per heavy atom. The molecule has 0 saturated heterocycles. The van der Waals surface area contributed by atoms with Crippen LogP contribution in [0, 0.1) is 6.92 Å². The second-order valence-electron chi connectivity index (χ2n) is 5.55. The van der Waals surface area contributed by atoms with Crippen LogP contribution < -0.4 is 10.2 Å². The molecule has 0 aromatic heterocycles. The number of halogens is 1. The van der Waals surface area contributed by atoms with Crippen molar-refractivity contribution in [3.05, 3.63) is 58.6 Å². The summed E-state index contributed by atoms with van der Waals surface area (Å²) in [5.41, 5.74) is 3.25. The van der Waals surface area contributed by atoms with Gasteiger partial charge in [-0.05, 0) is 42.7 Å². The van der Waals surface area contributed by atoms with Crippen LogP contribution in [-0.2, 0) is 16.0 Å². The zero-order valence-electron chi connectivity index (χ0n) is 14.1. The minimum atomic E-state index is -0.263. The van der Waals surface area contributed by atoms with E-state index in [0.29, 0.717) is 10.7 Å². The van der Waals surface area contributed by atoms with Crippen LogP contribution in [0.5, 0.6) is 0 Å². The Morgan fingerprint density at radius 1 is 1.12 bits per heavy atom. The van der Waals surface area contributed by atoms with E-state index >= 15 is 0 Å². The third-order valence-electron chi connectivity index (χ3n) is 3.89. The Bertz CT molecular complexity index is 759. The van der Waals surface area contributed by atoms with Gasteiger partial charge < -0.3 is 10.2 Å². The van der Waals surface area contributed by atoms with Crippen LogP contribution in [0.3, 0.4) is 0 Å². The van der Waals surface area contributed by atoms with Gasteiger partial charge in [0.25, 0.3) is 0 Å². The maximum atomic E-state index is 12.4. The summed E-state index contributed by atoms with van der Waals surface area (Å²) in [5, 5.41) is 3.42. The van der Waals surface area contributed by atoms with Crippen molar-refractivity contribution in [3.8, 4) is 0 Å². The molecule has 0 heterocycles. The molecule has 126 valence electrons. The van der Waals surface area contributed by atoms with E-state index in [9.17, 15) is 9.59 Å². The Morgan fingerprint density at radius 3 is 2.50 bits per heavy atom. The second-order valence-corrected chi connectivity index (χ2v) is 5.96. The molecule has 0 bridgehead atoms. The standard InChI is InChI=1S/C19H21ClN2O2/c1-4-15-8-5-6-11-18(15)22(14(3)23)12-19(24)21-17-10-7-9-16(20)13(17)2/h5-11H,4,12H2,1-3H3,(H,21,24). The molecule has 2 aromatic carbocycles. The molecule has 24 heavy (non-hydrogen) atoms. The molecule has 2 aromatic rings. The van der Waals surface area contributed by atoms with Gasteiger partial charge in [0.15, 0.2) is 0 Å². The number of rotatable bonds is 5. The van der Waals surface area contributed by atoms with Gasteiger partial charge in [-0.3, -0.25) is 9.59 Å². The molecule has 0 aliphatic carbocycles. The van der Waals surface area contributed by atoms with Gasteiger partial charge in [0.1, 0.15) is 6.54 Å². The van der Waals surface area contributed by atoms with Crippen molar-refractivity contribution in [2.75, 3.05) is 16.8 Å². The first kappa shape index (κ1) is 18.0. The third kappa shape index (κ3) is 4.15. The summed E-state index contributed by atoms with van der Waals surface area (Å²) < 4.78 is 0. The fraction of sp³-hybridized carbons (Fsp3) is 0.263. The lowest BCUT2D eigenvalue weighted by Crippen LogP contribution is -2.37. The molecule has 1 N–H and O–H groups in total. The highest BCUT2D eigenvalue weighted by molar-refractivity contribution is 6.31. The number of benzene rings is 2. The van der Waals surface area contributed by atoms with Crippen LogP contribution >= 0.6 is 11.6 Å². The number of carbonyl (C=O) groups is 2. The predicted octanol–water partition coefficient (Wildman–Crippen LogP) is 4.20. The van der Waals surface area contributed by atoms with Gasteiger partial charge >= 0.3 is 0 Å². The zero-order chi connectivity index (χ0) is 17.7. The summed E-state index contributed by atoms with van der Waals surface area (Å²) in [7, 11) is 0. The summed E-state index contributed by atoms with van der Waals surface area (Å²) in [4.78, 5) is 26.0. The molecule has 0 aliphatic heterocycles. The Balaban J connectivity index is 2.20. The lowest BCUT2D eigenvalue weighted by molar-refractivity contribution is -0.120. The van der Waals surface area contributed by atoms with E-state index < -0.39 is 0 Å². The van der Waals surface area contributed by atoms with Crippen LogP contribution in [0.4, 0.5) is 11.4 Å². The number of nitrogens with zero attached hydrogens (tertiary/aromatic N) is 1. The average Bonchev–Trinajstić information content (AvgIpc) is 2.56. The first-order chi connectivity index (χ1) is 11.4. The van der Waals surface area contributed by atoms with Crippen LogP contribution in [0.15, 0.2) is 42.5 Å². The highest BCUT2D eigenvalue weighted by Crippen LogP contribution is 2.24. The fourth-order valence-corrected chi connectivity index (χ4v) is 2.69. The number of hydrogen-bond donors (Lipinski definition) is 1. The highest BCUT2D eigenvalue weighted by atomic mass is 35.5. The molecule has 0 fully saturated rings. The van der Waals surface area contributed by atoms with E-state index in [0.717, 1.165) is 23.2 Å². The first-order valence-corrected chi connectivity index (χ1v) is 8.22. The largest absolute Gasteiger partial charge is 0.324 e. The van der Waals surface area contributed by atoms with Crippen LogP contribution in [0.1, 0.15) is 25.0 Å². The van der Waals surface area contributed by atoms with Crippen molar-refractivity contribution in [2.24, 2.45) is 0 Å². The maximum absolute atomic E-state index is 12.4. The summed E-state index contributed by atoms with van der Waals surface area (Å²) >= 11 is 6.07. The number of hydrogen-bond acceptors (Lipinski definition) is 2. The molecule has 0 spiro atoms. The van der Waals surface area contributed by atoms with Crippen LogP contribution in [0.25, 0.3) is 0 Å². The molecular formula is C19H21ClN2O2. The number of para-hydroxylation sites is 1. The Labute approximate surface area is 147 Å². The Hall–Kier alpha value is -2.33. The second kappa shape index (κ2) is 7.97.